The van der Waals surface area contributed by atoms with Crippen LogP contribution < -0.4 is 0 Å². The first-order valence-corrected chi connectivity index (χ1v) is 15.6. The lowest BCUT2D eigenvalue weighted by molar-refractivity contribution is 0.668. The van der Waals surface area contributed by atoms with Crippen molar-refractivity contribution >= 4 is 71.4 Å². The van der Waals surface area contributed by atoms with Crippen molar-refractivity contribution in [3.05, 3.63) is 157 Å². The minimum atomic E-state index is 0.485. The Labute approximate surface area is 269 Å². The van der Waals surface area contributed by atoms with E-state index in [-0.39, 0.29) is 0 Å². The summed E-state index contributed by atoms with van der Waals surface area (Å²) < 4.78 is 15.1. The van der Waals surface area contributed by atoms with Crippen molar-refractivity contribution in [1.82, 2.24) is 4.57 Å². The maximum atomic E-state index is 8.10. The molecule has 3 heterocycles. The maximum Gasteiger partial charge on any atom is 0.230 e. The molecule has 0 bridgehead atoms. The molecule has 0 radical (unpaired) electrons. The van der Waals surface area contributed by atoms with E-state index in [2.05, 4.69) is 125 Å². The Balaban J connectivity index is 1.20. The van der Waals surface area contributed by atoms with Gasteiger partial charge in [-0.25, -0.2) is 4.85 Å². The maximum absolute atomic E-state index is 8.10. The van der Waals surface area contributed by atoms with Crippen LogP contribution in [0.2, 0.25) is 0 Å². The van der Waals surface area contributed by atoms with E-state index >= 15 is 0 Å². The molecule has 0 spiro atoms. The third kappa shape index (κ3) is 3.75. The number of para-hydroxylation sites is 3. The molecule has 0 atom stereocenters. The average Bonchev–Trinajstić information content (AvgIpc) is 3.80. The smallest absolute Gasteiger partial charge is 0.230 e. The Kier molecular flexibility index (Phi) is 5.32. The minimum Gasteiger partial charge on any atom is -0.465 e. The molecule has 0 saturated carbocycles. The normalized spacial score (nSPS) is 11.8. The number of aromatic nitrogens is 1. The highest BCUT2D eigenvalue weighted by Gasteiger charge is 2.20. The topological polar surface area (TPSA) is 35.6 Å². The molecule has 7 aromatic carbocycles. The van der Waals surface area contributed by atoms with E-state index in [1.807, 2.05) is 30.3 Å². The summed E-state index contributed by atoms with van der Waals surface area (Å²) in [6, 6.07) is 50.4. The Hall–Kier alpha value is -6.57. The fourth-order valence-corrected chi connectivity index (χ4v) is 7.24. The molecule has 0 amide bonds. The van der Waals surface area contributed by atoms with Gasteiger partial charge in [0, 0.05) is 32.3 Å². The van der Waals surface area contributed by atoms with Crippen LogP contribution in [0.1, 0.15) is 0 Å². The number of nitrogens with zero attached hydrogens (tertiary/aromatic N) is 2. The molecule has 0 aliphatic rings. The SMILES string of the molecule is [C-]#[N+]c1cc(-c2ccc3c(c2)oc2ccccc23)cc2c1oc1c(-n3c4ccccc4c4cc(-c5ccccc5)ccc43)cccc12. The first-order chi connectivity index (χ1) is 23.2. The predicted molar refractivity (Wildman–Crippen MR) is 192 cm³/mol. The number of hydrogen-bond donors (Lipinski definition) is 0. The van der Waals surface area contributed by atoms with Gasteiger partial charge >= 0.3 is 0 Å². The molecule has 0 fully saturated rings. The zero-order valence-corrected chi connectivity index (χ0v) is 25.1. The van der Waals surface area contributed by atoms with E-state index in [4.69, 9.17) is 15.4 Å². The van der Waals surface area contributed by atoms with Crippen molar-refractivity contribution in [2.45, 2.75) is 0 Å². The molecule has 218 valence electrons. The van der Waals surface area contributed by atoms with E-state index in [9.17, 15) is 0 Å². The van der Waals surface area contributed by atoms with E-state index in [1.165, 1.54) is 21.9 Å². The van der Waals surface area contributed by atoms with Crippen molar-refractivity contribution in [2.24, 2.45) is 0 Å². The molecule has 47 heavy (non-hydrogen) atoms. The van der Waals surface area contributed by atoms with Gasteiger partial charge in [-0.3, -0.25) is 0 Å². The highest BCUT2D eigenvalue weighted by molar-refractivity contribution is 6.15. The third-order valence-corrected chi connectivity index (χ3v) is 9.41. The molecule has 4 heteroatoms. The number of rotatable bonds is 3. The average molecular weight is 601 g/mol. The molecule has 10 rings (SSSR count). The van der Waals surface area contributed by atoms with Crippen LogP contribution in [0.15, 0.2) is 154 Å². The summed E-state index contributed by atoms with van der Waals surface area (Å²) in [5.74, 6) is 0. The molecule has 0 unspecified atom stereocenters. The molecule has 0 saturated heterocycles. The molecule has 4 nitrogen and oxygen atoms in total. The van der Waals surface area contributed by atoms with Gasteiger partial charge in [0.05, 0.1) is 23.3 Å². The van der Waals surface area contributed by atoms with Crippen LogP contribution in [-0.2, 0) is 0 Å². The fraction of sp³-hybridized carbons (Fsp3) is 0. The summed E-state index contributed by atoms with van der Waals surface area (Å²) in [7, 11) is 0. The van der Waals surface area contributed by atoms with Gasteiger partial charge in [0.1, 0.15) is 16.7 Å². The second-order valence-electron chi connectivity index (χ2n) is 12.0. The van der Waals surface area contributed by atoms with Crippen LogP contribution in [0.3, 0.4) is 0 Å². The number of furan rings is 2. The summed E-state index contributed by atoms with van der Waals surface area (Å²) in [6.45, 7) is 8.10. The van der Waals surface area contributed by atoms with Crippen molar-refractivity contribution in [1.29, 1.82) is 0 Å². The van der Waals surface area contributed by atoms with Crippen molar-refractivity contribution in [3.8, 4) is 27.9 Å². The van der Waals surface area contributed by atoms with E-state index in [0.717, 1.165) is 66.1 Å². The number of benzene rings is 7. The third-order valence-electron chi connectivity index (χ3n) is 9.41. The van der Waals surface area contributed by atoms with Crippen LogP contribution >= 0.6 is 0 Å². The zero-order valence-electron chi connectivity index (χ0n) is 25.1. The van der Waals surface area contributed by atoms with E-state index in [0.29, 0.717) is 11.3 Å². The van der Waals surface area contributed by atoms with Gasteiger partial charge in [0.25, 0.3) is 0 Å². The minimum absolute atomic E-state index is 0.485. The van der Waals surface area contributed by atoms with Crippen molar-refractivity contribution in [2.75, 3.05) is 0 Å². The van der Waals surface area contributed by atoms with Crippen LogP contribution in [0.25, 0.3) is 98.5 Å². The molecular formula is C43H24N2O2. The van der Waals surface area contributed by atoms with Crippen LogP contribution in [-0.4, -0.2) is 4.57 Å². The monoisotopic (exact) mass is 600 g/mol. The second kappa shape index (κ2) is 9.71. The van der Waals surface area contributed by atoms with Gasteiger partial charge in [0.2, 0.25) is 5.69 Å². The van der Waals surface area contributed by atoms with Crippen molar-refractivity contribution in [3.63, 3.8) is 0 Å². The molecule has 3 aromatic heterocycles. The fourth-order valence-electron chi connectivity index (χ4n) is 7.24. The largest absolute Gasteiger partial charge is 0.465 e. The van der Waals surface area contributed by atoms with E-state index in [1.54, 1.807) is 0 Å². The predicted octanol–water partition coefficient (Wildman–Crippen LogP) is 12.5. The van der Waals surface area contributed by atoms with Gasteiger partial charge in [0.15, 0.2) is 5.58 Å². The van der Waals surface area contributed by atoms with Gasteiger partial charge in [-0.05, 0) is 76.9 Å². The first-order valence-electron chi connectivity index (χ1n) is 15.6. The highest BCUT2D eigenvalue weighted by Crippen LogP contribution is 2.43. The summed E-state index contributed by atoms with van der Waals surface area (Å²) in [5, 5.41) is 6.43. The zero-order chi connectivity index (χ0) is 31.1. The Morgan fingerprint density at radius 2 is 1.13 bits per heavy atom. The summed E-state index contributed by atoms with van der Waals surface area (Å²) in [5.41, 5.74) is 11.0. The lowest BCUT2D eigenvalue weighted by atomic mass is 10.00. The second-order valence-corrected chi connectivity index (χ2v) is 12.0. The quantitative estimate of drug-likeness (QED) is 0.189. The molecular weight excluding hydrogens is 576 g/mol. The highest BCUT2D eigenvalue weighted by atomic mass is 16.3. The summed E-state index contributed by atoms with van der Waals surface area (Å²) in [4.78, 5) is 3.93. The Morgan fingerprint density at radius 1 is 0.426 bits per heavy atom. The van der Waals surface area contributed by atoms with Crippen LogP contribution in [0, 0.1) is 6.57 Å². The Bertz CT molecular complexity index is 2920. The molecule has 0 N–H and O–H groups in total. The van der Waals surface area contributed by atoms with Gasteiger partial charge < -0.3 is 13.4 Å². The number of fused-ring (bicyclic) bond motifs is 9. The van der Waals surface area contributed by atoms with Crippen LogP contribution in [0.5, 0.6) is 0 Å². The Morgan fingerprint density at radius 3 is 2.02 bits per heavy atom. The van der Waals surface area contributed by atoms with E-state index < -0.39 is 0 Å². The lowest BCUT2D eigenvalue weighted by Gasteiger charge is -2.09. The lowest BCUT2D eigenvalue weighted by Crippen LogP contribution is -1.94. The van der Waals surface area contributed by atoms with Gasteiger partial charge in [-0.15, -0.1) is 0 Å². The number of hydrogen-bond acceptors (Lipinski definition) is 2. The summed E-state index contributed by atoms with van der Waals surface area (Å²) in [6.07, 6.45) is 0. The summed E-state index contributed by atoms with van der Waals surface area (Å²) >= 11 is 0. The molecule has 0 aliphatic heterocycles. The van der Waals surface area contributed by atoms with Crippen molar-refractivity contribution < 1.29 is 8.83 Å². The van der Waals surface area contributed by atoms with Gasteiger partial charge in [-0.2, -0.15) is 0 Å². The van der Waals surface area contributed by atoms with Gasteiger partial charge in [-0.1, -0.05) is 91.0 Å². The first kappa shape index (κ1) is 25.7. The molecule has 10 aromatic rings. The standard InChI is InChI=1S/C43H24N2O2/c1-44-36-24-29(28-18-20-32-31-13-6-8-17-40(31)46-41(32)25-28)23-35-33-14-9-16-39(43(33)47-42(35)36)45-37-15-7-5-12-30(37)34-22-27(19-21-38(34)45)26-10-3-2-4-11-26/h2-25H. The molecule has 0 aliphatic carbocycles. The van der Waals surface area contributed by atoms with Crippen LogP contribution in [0.4, 0.5) is 5.69 Å².